The Bertz CT molecular complexity index is 944. The van der Waals surface area contributed by atoms with E-state index in [9.17, 15) is 0 Å². The molecule has 0 spiro atoms. The first kappa shape index (κ1) is 17.2. The van der Waals surface area contributed by atoms with Gasteiger partial charge in [-0.2, -0.15) is 5.10 Å². The molecule has 2 aromatic carbocycles. The van der Waals surface area contributed by atoms with Crippen molar-refractivity contribution in [2.45, 2.75) is 19.7 Å². The van der Waals surface area contributed by atoms with Gasteiger partial charge >= 0.3 is 0 Å². The number of nitrogens with zero attached hydrogens (tertiary/aromatic N) is 3. The standard InChI is InChI=1S/C19H14ClN3.C2H6/c20-13-14-8-10-15(11-9-14)18-19(16-5-2-1-3-6-16)23-17(22-18)7-4-12-21-23;1-2/h1-12H,13H2;1-2H3. The zero-order valence-corrected chi connectivity index (χ0v) is 15.1. The highest BCUT2D eigenvalue weighted by Crippen LogP contribution is 2.32. The predicted octanol–water partition coefficient (Wildman–Crippen LogP) is 5.83. The number of hydrogen-bond donors (Lipinski definition) is 0. The maximum absolute atomic E-state index is 5.89. The molecule has 4 rings (SSSR count). The second-order valence-corrected chi connectivity index (χ2v) is 5.57. The highest BCUT2D eigenvalue weighted by molar-refractivity contribution is 6.17. The molecule has 25 heavy (non-hydrogen) atoms. The van der Waals surface area contributed by atoms with Crippen molar-refractivity contribution in [1.29, 1.82) is 0 Å². The first-order valence-corrected chi connectivity index (χ1v) is 8.95. The van der Waals surface area contributed by atoms with Crippen LogP contribution in [0.2, 0.25) is 0 Å². The van der Waals surface area contributed by atoms with Crippen molar-refractivity contribution in [2.24, 2.45) is 0 Å². The van der Waals surface area contributed by atoms with E-state index in [2.05, 4.69) is 29.4 Å². The molecule has 0 radical (unpaired) electrons. The molecule has 0 aliphatic heterocycles. The van der Waals surface area contributed by atoms with E-state index in [0.717, 1.165) is 33.7 Å². The van der Waals surface area contributed by atoms with Crippen molar-refractivity contribution in [3.8, 4) is 22.5 Å². The normalized spacial score (nSPS) is 10.4. The molecule has 0 fully saturated rings. The molecule has 0 aliphatic rings. The third-order valence-electron chi connectivity index (χ3n) is 3.82. The van der Waals surface area contributed by atoms with Crippen LogP contribution in [0.1, 0.15) is 19.4 Å². The van der Waals surface area contributed by atoms with E-state index < -0.39 is 0 Å². The fraction of sp³-hybridized carbons (Fsp3) is 0.143. The van der Waals surface area contributed by atoms with E-state index >= 15 is 0 Å². The molecule has 0 bridgehead atoms. The summed E-state index contributed by atoms with van der Waals surface area (Å²) >= 11 is 5.89. The van der Waals surface area contributed by atoms with Crippen LogP contribution in [0.5, 0.6) is 0 Å². The second-order valence-electron chi connectivity index (χ2n) is 5.30. The first-order chi connectivity index (χ1) is 12.4. The van der Waals surface area contributed by atoms with E-state index in [0.29, 0.717) is 5.88 Å². The lowest BCUT2D eigenvalue weighted by molar-refractivity contribution is 0.943. The van der Waals surface area contributed by atoms with Gasteiger partial charge in [-0.05, 0) is 17.7 Å². The molecule has 0 saturated heterocycles. The van der Waals surface area contributed by atoms with Crippen LogP contribution in [0, 0.1) is 0 Å². The maximum Gasteiger partial charge on any atom is 0.154 e. The predicted molar refractivity (Wildman–Crippen MR) is 105 cm³/mol. The number of hydrogen-bond acceptors (Lipinski definition) is 2. The first-order valence-electron chi connectivity index (χ1n) is 8.41. The minimum atomic E-state index is 0.512. The van der Waals surface area contributed by atoms with E-state index in [1.165, 1.54) is 0 Å². The van der Waals surface area contributed by atoms with E-state index in [-0.39, 0.29) is 0 Å². The topological polar surface area (TPSA) is 30.2 Å². The molecule has 4 aromatic rings. The molecule has 126 valence electrons. The smallest absolute Gasteiger partial charge is 0.154 e. The van der Waals surface area contributed by atoms with Crippen LogP contribution >= 0.6 is 11.6 Å². The average molecular weight is 350 g/mol. The summed E-state index contributed by atoms with van der Waals surface area (Å²) in [6, 6.07) is 22.3. The van der Waals surface area contributed by atoms with E-state index in [4.69, 9.17) is 16.6 Å². The summed E-state index contributed by atoms with van der Waals surface area (Å²) in [4.78, 5) is 4.78. The molecule has 2 heterocycles. The third kappa shape index (κ3) is 3.42. The summed E-state index contributed by atoms with van der Waals surface area (Å²) in [6.07, 6.45) is 1.78. The highest BCUT2D eigenvalue weighted by Gasteiger charge is 2.16. The Hall–Kier alpha value is -2.65. The largest absolute Gasteiger partial charge is 0.226 e. The van der Waals surface area contributed by atoms with Gasteiger partial charge in [0.05, 0.1) is 5.69 Å². The summed E-state index contributed by atoms with van der Waals surface area (Å²) in [5.41, 5.74) is 6.01. The van der Waals surface area contributed by atoms with Crippen LogP contribution in [-0.4, -0.2) is 14.6 Å². The number of fused-ring (bicyclic) bond motifs is 1. The van der Waals surface area contributed by atoms with Crippen molar-refractivity contribution in [3.63, 3.8) is 0 Å². The molecule has 4 heteroatoms. The van der Waals surface area contributed by atoms with Gasteiger partial charge in [0.1, 0.15) is 5.69 Å². The minimum Gasteiger partial charge on any atom is -0.226 e. The SMILES string of the molecule is CC.ClCc1ccc(-c2nc3cccnn3c2-c2ccccc2)cc1. The van der Waals surface area contributed by atoms with Crippen molar-refractivity contribution < 1.29 is 0 Å². The molecule has 0 N–H and O–H groups in total. The zero-order chi connectivity index (χ0) is 17.6. The summed E-state index contributed by atoms with van der Waals surface area (Å²) in [5, 5.41) is 4.47. The van der Waals surface area contributed by atoms with Gasteiger partial charge in [0.2, 0.25) is 0 Å². The van der Waals surface area contributed by atoms with Crippen LogP contribution < -0.4 is 0 Å². The summed E-state index contributed by atoms with van der Waals surface area (Å²) < 4.78 is 1.89. The van der Waals surface area contributed by atoms with Gasteiger partial charge in [0.25, 0.3) is 0 Å². The van der Waals surface area contributed by atoms with Crippen LogP contribution in [0.25, 0.3) is 28.2 Å². The fourth-order valence-electron chi connectivity index (χ4n) is 2.70. The Labute approximate surface area is 152 Å². The van der Waals surface area contributed by atoms with Gasteiger partial charge < -0.3 is 0 Å². The Morgan fingerprint density at radius 1 is 0.840 bits per heavy atom. The second kappa shape index (κ2) is 7.95. The molecule has 0 unspecified atom stereocenters. The number of alkyl halides is 1. The van der Waals surface area contributed by atoms with Gasteiger partial charge in [-0.3, -0.25) is 0 Å². The van der Waals surface area contributed by atoms with Crippen LogP contribution in [0.15, 0.2) is 72.9 Å². The number of rotatable bonds is 3. The lowest BCUT2D eigenvalue weighted by atomic mass is 10.0. The highest BCUT2D eigenvalue weighted by atomic mass is 35.5. The lowest BCUT2D eigenvalue weighted by Crippen LogP contribution is -1.93. The Morgan fingerprint density at radius 3 is 2.24 bits per heavy atom. The number of halogens is 1. The number of imidazole rings is 1. The Morgan fingerprint density at radius 2 is 1.56 bits per heavy atom. The quantitative estimate of drug-likeness (QED) is 0.436. The molecular formula is C21H20ClN3. The molecule has 3 nitrogen and oxygen atoms in total. The van der Waals surface area contributed by atoms with Crippen LogP contribution in [0.3, 0.4) is 0 Å². The Balaban J connectivity index is 0.000000880. The molecule has 2 aromatic heterocycles. The lowest BCUT2D eigenvalue weighted by Gasteiger charge is -2.05. The summed E-state index contributed by atoms with van der Waals surface area (Å²) in [6.45, 7) is 4.00. The molecule has 0 aliphatic carbocycles. The zero-order valence-electron chi connectivity index (χ0n) is 14.4. The van der Waals surface area contributed by atoms with Gasteiger partial charge in [0, 0.05) is 23.2 Å². The third-order valence-corrected chi connectivity index (χ3v) is 4.13. The number of aromatic nitrogens is 3. The minimum absolute atomic E-state index is 0.512. The van der Waals surface area contributed by atoms with Gasteiger partial charge in [-0.1, -0.05) is 68.4 Å². The van der Waals surface area contributed by atoms with Gasteiger partial charge in [-0.25, -0.2) is 9.50 Å². The van der Waals surface area contributed by atoms with Crippen molar-refractivity contribution in [2.75, 3.05) is 0 Å². The molecule has 0 saturated carbocycles. The molecular weight excluding hydrogens is 330 g/mol. The van der Waals surface area contributed by atoms with Crippen molar-refractivity contribution in [3.05, 3.63) is 78.5 Å². The van der Waals surface area contributed by atoms with Crippen LogP contribution in [-0.2, 0) is 5.88 Å². The van der Waals surface area contributed by atoms with E-state index in [1.54, 1.807) is 6.20 Å². The average Bonchev–Trinajstić information content (AvgIpc) is 3.10. The Kier molecular flexibility index (Phi) is 5.46. The molecule has 0 amide bonds. The summed E-state index contributed by atoms with van der Waals surface area (Å²) in [7, 11) is 0. The van der Waals surface area contributed by atoms with Gasteiger partial charge in [-0.15, -0.1) is 11.6 Å². The van der Waals surface area contributed by atoms with Crippen LogP contribution in [0.4, 0.5) is 0 Å². The monoisotopic (exact) mass is 349 g/mol. The number of benzene rings is 2. The summed E-state index contributed by atoms with van der Waals surface area (Å²) in [5.74, 6) is 0.512. The van der Waals surface area contributed by atoms with E-state index in [1.807, 2.05) is 60.8 Å². The maximum atomic E-state index is 5.89. The van der Waals surface area contributed by atoms with Gasteiger partial charge in [0.15, 0.2) is 5.65 Å². The molecule has 0 atom stereocenters. The fourth-order valence-corrected chi connectivity index (χ4v) is 2.87. The van der Waals surface area contributed by atoms with Crippen molar-refractivity contribution >= 4 is 17.2 Å². The van der Waals surface area contributed by atoms with Crippen molar-refractivity contribution in [1.82, 2.24) is 14.6 Å².